The molecule has 1 nitrogen and oxygen atoms in total. The van der Waals surface area contributed by atoms with Crippen molar-refractivity contribution in [3.63, 3.8) is 0 Å². The molecule has 1 heteroatoms. The second-order valence-corrected chi connectivity index (χ2v) is 5.34. The lowest BCUT2D eigenvalue weighted by Gasteiger charge is -2.32. The Balaban J connectivity index is 1.71. The fourth-order valence-electron chi connectivity index (χ4n) is 2.64. The number of rotatable bonds is 3. The van der Waals surface area contributed by atoms with E-state index in [4.69, 9.17) is 0 Å². The maximum atomic E-state index is 3.67. The van der Waals surface area contributed by atoms with Crippen molar-refractivity contribution in [3.8, 4) is 0 Å². The molecule has 13 heavy (non-hydrogen) atoms. The Morgan fingerprint density at radius 2 is 1.85 bits per heavy atom. The molecular weight excluding hydrogens is 158 g/mol. The molecule has 0 aromatic heterocycles. The van der Waals surface area contributed by atoms with Gasteiger partial charge in [-0.15, -0.1) is 0 Å². The Hall–Kier alpha value is -0.0400. The molecule has 0 heterocycles. The number of hydrogen-bond acceptors (Lipinski definition) is 1. The third-order valence-electron chi connectivity index (χ3n) is 3.86. The number of nitrogens with one attached hydrogen (secondary N) is 1. The molecule has 3 unspecified atom stereocenters. The molecule has 0 radical (unpaired) electrons. The van der Waals surface area contributed by atoms with Crippen LogP contribution in [0.15, 0.2) is 0 Å². The Morgan fingerprint density at radius 1 is 1.08 bits per heavy atom. The van der Waals surface area contributed by atoms with Gasteiger partial charge in [-0.05, 0) is 50.0 Å². The van der Waals surface area contributed by atoms with E-state index in [1.165, 1.54) is 38.6 Å². The standard InChI is InChI=1S/C12H23N/c1-9-3-4-11(10(2)7-9)8-13-12-5-6-12/h9-13H,3-8H2,1-2H3. The van der Waals surface area contributed by atoms with Gasteiger partial charge in [0.25, 0.3) is 0 Å². The summed E-state index contributed by atoms with van der Waals surface area (Å²) in [5.74, 6) is 2.90. The summed E-state index contributed by atoms with van der Waals surface area (Å²) in [5, 5.41) is 3.67. The van der Waals surface area contributed by atoms with E-state index in [2.05, 4.69) is 19.2 Å². The Morgan fingerprint density at radius 3 is 2.46 bits per heavy atom. The van der Waals surface area contributed by atoms with Crippen molar-refractivity contribution in [2.75, 3.05) is 6.54 Å². The highest BCUT2D eigenvalue weighted by atomic mass is 14.9. The van der Waals surface area contributed by atoms with E-state index in [1.807, 2.05) is 0 Å². The molecule has 0 amide bonds. The zero-order valence-corrected chi connectivity index (χ0v) is 9.05. The monoisotopic (exact) mass is 181 g/mol. The highest BCUT2D eigenvalue weighted by Gasteiger charge is 2.27. The SMILES string of the molecule is CC1CCC(CNC2CC2)C(C)C1. The summed E-state index contributed by atoms with van der Waals surface area (Å²) in [7, 11) is 0. The van der Waals surface area contributed by atoms with E-state index in [9.17, 15) is 0 Å². The largest absolute Gasteiger partial charge is 0.314 e. The van der Waals surface area contributed by atoms with E-state index >= 15 is 0 Å². The normalized spacial score (nSPS) is 40.6. The van der Waals surface area contributed by atoms with Crippen LogP contribution in [-0.4, -0.2) is 12.6 Å². The Bertz CT molecular complexity index is 163. The van der Waals surface area contributed by atoms with Crippen LogP contribution in [0, 0.1) is 17.8 Å². The predicted octanol–water partition coefficient (Wildman–Crippen LogP) is 2.81. The fraction of sp³-hybridized carbons (Fsp3) is 1.00. The molecule has 2 aliphatic rings. The van der Waals surface area contributed by atoms with Gasteiger partial charge in [-0.1, -0.05) is 20.3 Å². The second-order valence-electron chi connectivity index (χ2n) is 5.34. The summed E-state index contributed by atoms with van der Waals surface area (Å²) in [6, 6.07) is 0.895. The fourth-order valence-corrected chi connectivity index (χ4v) is 2.64. The van der Waals surface area contributed by atoms with Gasteiger partial charge in [-0.3, -0.25) is 0 Å². The molecule has 0 aromatic rings. The lowest BCUT2D eigenvalue weighted by molar-refractivity contribution is 0.199. The average molecular weight is 181 g/mol. The molecule has 2 fully saturated rings. The van der Waals surface area contributed by atoms with Crippen LogP contribution >= 0.6 is 0 Å². The summed E-state index contributed by atoms with van der Waals surface area (Å²) in [4.78, 5) is 0. The second kappa shape index (κ2) is 4.00. The molecule has 0 aliphatic heterocycles. The van der Waals surface area contributed by atoms with Crippen molar-refractivity contribution in [2.24, 2.45) is 17.8 Å². The maximum Gasteiger partial charge on any atom is 0.00683 e. The first kappa shape index (κ1) is 9.51. The Labute approximate surface area is 82.3 Å². The lowest BCUT2D eigenvalue weighted by atomic mass is 9.75. The van der Waals surface area contributed by atoms with Crippen LogP contribution < -0.4 is 5.32 Å². The van der Waals surface area contributed by atoms with Crippen molar-refractivity contribution >= 4 is 0 Å². The van der Waals surface area contributed by atoms with Crippen LogP contribution in [-0.2, 0) is 0 Å². The van der Waals surface area contributed by atoms with Crippen LogP contribution in [0.3, 0.4) is 0 Å². The highest BCUT2D eigenvalue weighted by molar-refractivity contribution is 4.84. The molecule has 0 bridgehead atoms. The summed E-state index contributed by atoms with van der Waals surface area (Å²) in [6.07, 6.45) is 7.23. The Kier molecular flexibility index (Phi) is 2.92. The molecule has 1 N–H and O–H groups in total. The molecule has 76 valence electrons. The molecule has 3 atom stereocenters. The van der Waals surface area contributed by atoms with Crippen LogP contribution in [0.25, 0.3) is 0 Å². The van der Waals surface area contributed by atoms with E-state index in [-0.39, 0.29) is 0 Å². The zero-order chi connectivity index (χ0) is 9.26. The third kappa shape index (κ3) is 2.70. The summed E-state index contributed by atoms with van der Waals surface area (Å²) >= 11 is 0. The van der Waals surface area contributed by atoms with E-state index in [0.717, 1.165) is 23.8 Å². The quantitative estimate of drug-likeness (QED) is 0.706. The zero-order valence-electron chi connectivity index (χ0n) is 9.05. The predicted molar refractivity (Wildman–Crippen MR) is 56.7 cm³/mol. The first-order valence-electron chi connectivity index (χ1n) is 5.99. The van der Waals surface area contributed by atoms with Gasteiger partial charge < -0.3 is 5.32 Å². The first-order valence-corrected chi connectivity index (χ1v) is 5.99. The van der Waals surface area contributed by atoms with E-state index in [1.54, 1.807) is 0 Å². The average Bonchev–Trinajstić information content (AvgIpc) is 2.86. The van der Waals surface area contributed by atoms with Crippen molar-refractivity contribution < 1.29 is 0 Å². The topological polar surface area (TPSA) is 12.0 Å². The summed E-state index contributed by atoms with van der Waals surface area (Å²) < 4.78 is 0. The minimum Gasteiger partial charge on any atom is -0.314 e. The molecule has 0 aromatic carbocycles. The van der Waals surface area contributed by atoms with Gasteiger partial charge in [0.2, 0.25) is 0 Å². The van der Waals surface area contributed by atoms with Gasteiger partial charge in [-0.25, -0.2) is 0 Å². The smallest absolute Gasteiger partial charge is 0.00683 e. The van der Waals surface area contributed by atoms with Gasteiger partial charge >= 0.3 is 0 Å². The summed E-state index contributed by atoms with van der Waals surface area (Å²) in [5.41, 5.74) is 0. The van der Waals surface area contributed by atoms with E-state index in [0.29, 0.717) is 0 Å². The molecule has 0 spiro atoms. The van der Waals surface area contributed by atoms with Crippen LogP contribution in [0.2, 0.25) is 0 Å². The molecular formula is C12H23N. The lowest BCUT2D eigenvalue weighted by Crippen LogP contribution is -2.32. The third-order valence-corrected chi connectivity index (χ3v) is 3.86. The minimum atomic E-state index is 0.895. The molecule has 2 rings (SSSR count). The van der Waals surface area contributed by atoms with Gasteiger partial charge in [0.1, 0.15) is 0 Å². The van der Waals surface area contributed by atoms with Crippen molar-refractivity contribution in [3.05, 3.63) is 0 Å². The number of hydrogen-bond donors (Lipinski definition) is 1. The van der Waals surface area contributed by atoms with Crippen LogP contribution in [0.1, 0.15) is 46.0 Å². The van der Waals surface area contributed by atoms with Crippen LogP contribution in [0.4, 0.5) is 0 Å². The minimum absolute atomic E-state index is 0.895. The van der Waals surface area contributed by atoms with Crippen molar-refractivity contribution in [1.29, 1.82) is 0 Å². The van der Waals surface area contributed by atoms with Gasteiger partial charge in [0, 0.05) is 6.04 Å². The highest BCUT2D eigenvalue weighted by Crippen LogP contribution is 2.33. The van der Waals surface area contributed by atoms with Gasteiger partial charge in [0.15, 0.2) is 0 Å². The maximum absolute atomic E-state index is 3.67. The van der Waals surface area contributed by atoms with Gasteiger partial charge in [-0.2, -0.15) is 0 Å². The van der Waals surface area contributed by atoms with Crippen molar-refractivity contribution in [1.82, 2.24) is 5.32 Å². The molecule has 2 saturated carbocycles. The molecule has 0 saturated heterocycles. The summed E-state index contributed by atoms with van der Waals surface area (Å²) in [6.45, 7) is 6.13. The molecule has 2 aliphatic carbocycles. The van der Waals surface area contributed by atoms with E-state index < -0.39 is 0 Å². The first-order chi connectivity index (χ1) is 6.25. The van der Waals surface area contributed by atoms with Gasteiger partial charge in [0.05, 0.1) is 0 Å². The van der Waals surface area contributed by atoms with Crippen LogP contribution in [0.5, 0.6) is 0 Å². The van der Waals surface area contributed by atoms with Crippen molar-refractivity contribution in [2.45, 2.75) is 52.0 Å².